The molecule has 0 aliphatic carbocycles. The predicted octanol–water partition coefficient (Wildman–Crippen LogP) is 2.76. The molecule has 2 aromatic carbocycles. The Kier molecular flexibility index (Phi) is 32.2. The van der Waals surface area contributed by atoms with Crippen molar-refractivity contribution < 1.29 is 81.8 Å². The lowest BCUT2D eigenvalue weighted by atomic mass is 9.69. The number of alkyl carbamates (subject to hydrolysis) is 1. The molecule has 1 heterocycles. The summed E-state index contributed by atoms with van der Waals surface area (Å²) in [6.45, 7) is 28.5. The van der Waals surface area contributed by atoms with Crippen molar-refractivity contribution in [2.45, 2.75) is 240 Å². The number of hydrogen-bond acceptors (Lipinski definition) is 17. The Morgan fingerprint density at radius 2 is 0.931 bits per heavy atom. The largest absolute Gasteiger partial charge is 0.467 e. The summed E-state index contributed by atoms with van der Waals surface area (Å²) in [5, 5.41) is 45.5. The Labute approximate surface area is 599 Å². The zero-order chi connectivity index (χ0) is 77.6. The van der Waals surface area contributed by atoms with Crippen LogP contribution in [-0.4, -0.2) is 185 Å². The number of rotatable bonds is 36. The van der Waals surface area contributed by atoms with E-state index >= 15 is 0 Å². The number of carbonyl (C=O) groups excluding carboxylic acids is 14. The van der Waals surface area contributed by atoms with E-state index in [9.17, 15) is 72.3 Å². The first-order valence-electron chi connectivity index (χ1n) is 34.6. The number of hydrogen-bond donors (Lipinski definition) is 12. The van der Waals surface area contributed by atoms with E-state index in [0.29, 0.717) is 23.1 Å². The second kappa shape index (κ2) is 37.7. The van der Waals surface area contributed by atoms with Crippen molar-refractivity contribution in [3.05, 3.63) is 71.3 Å². The van der Waals surface area contributed by atoms with Crippen molar-refractivity contribution in [2.75, 3.05) is 33.3 Å². The monoisotopic (exact) mass is 1430 g/mol. The van der Waals surface area contributed by atoms with Gasteiger partial charge in [0.1, 0.15) is 52.4 Å². The Morgan fingerprint density at radius 3 is 1.40 bits per heavy atom. The van der Waals surface area contributed by atoms with Crippen LogP contribution in [0.4, 0.5) is 4.79 Å². The SMILES string of the molecule is CC[C@H](C)[C@H](NC(=O)CNC(=O)C1(NC(=O)[C@H](CC(C)C)NC(=O)CNC(=O)CNC(=O)C(C)(C)NC(=O)[C@H](CC(C)C)NC(=O)CNC(=O)C(C)(C)NC(=O)[C@H](Cc2ccc(C(=O)c3ccccc3)cc2)NC(=O)OC(C)(C)C)CC(C)(C)N([O])C(C)(C)C1)C(=O)N[C@@H](CC(C)C)C(=O)OC. The van der Waals surface area contributed by atoms with Crippen LogP contribution in [0.5, 0.6) is 0 Å². The summed E-state index contributed by atoms with van der Waals surface area (Å²) in [6, 6.07) is 9.18. The van der Waals surface area contributed by atoms with Gasteiger partial charge in [0.2, 0.25) is 65.0 Å². The molecule has 1 saturated heterocycles. The van der Waals surface area contributed by atoms with E-state index in [1.807, 2.05) is 20.8 Å². The predicted molar refractivity (Wildman–Crippen MR) is 378 cm³/mol. The van der Waals surface area contributed by atoms with Crippen molar-refractivity contribution in [1.82, 2.24) is 68.9 Å². The van der Waals surface area contributed by atoms with Gasteiger partial charge in [-0.15, -0.1) is 10.3 Å². The molecular formula is C72H112N13O17. The average molecular weight is 1430 g/mol. The molecule has 0 unspecified atom stereocenters. The number of ketones is 1. The van der Waals surface area contributed by atoms with Gasteiger partial charge in [0.25, 0.3) is 0 Å². The van der Waals surface area contributed by atoms with Crippen LogP contribution in [0, 0.1) is 23.7 Å². The molecule has 12 amide bonds. The highest BCUT2D eigenvalue weighted by Crippen LogP contribution is 2.43. The highest BCUT2D eigenvalue weighted by Gasteiger charge is 2.58. The summed E-state index contributed by atoms with van der Waals surface area (Å²) in [5.74, 6) is -10.5. The lowest BCUT2D eigenvalue weighted by molar-refractivity contribution is -0.295. The number of methoxy groups -OCH3 is 1. The fourth-order valence-corrected chi connectivity index (χ4v) is 11.7. The van der Waals surface area contributed by atoms with E-state index in [-0.39, 0.29) is 62.1 Å². The zero-order valence-corrected chi connectivity index (χ0v) is 63.1. The molecule has 1 fully saturated rings. The minimum atomic E-state index is -1.85. The zero-order valence-electron chi connectivity index (χ0n) is 63.1. The van der Waals surface area contributed by atoms with Crippen molar-refractivity contribution in [2.24, 2.45) is 23.7 Å². The highest BCUT2D eigenvalue weighted by molar-refractivity contribution is 6.09. The van der Waals surface area contributed by atoms with Crippen LogP contribution in [-0.2, 0) is 78.6 Å². The summed E-state index contributed by atoms with van der Waals surface area (Å²) in [4.78, 5) is 190. The van der Waals surface area contributed by atoms with Gasteiger partial charge in [-0.1, -0.05) is 116 Å². The molecule has 1 radical (unpaired) electrons. The maximum Gasteiger partial charge on any atom is 0.408 e. The summed E-state index contributed by atoms with van der Waals surface area (Å²) < 4.78 is 10.3. The fraction of sp³-hybridized carbons (Fsp3) is 0.639. The van der Waals surface area contributed by atoms with Gasteiger partial charge in [0, 0.05) is 28.6 Å². The van der Waals surface area contributed by atoms with E-state index in [2.05, 4.69) is 63.8 Å². The number of benzene rings is 2. The number of amides is 12. The normalized spacial score (nSPS) is 16.0. The first-order valence-corrected chi connectivity index (χ1v) is 34.6. The van der Waals surface area contributed by atoms with E-state index < -0.39 is 173 Å². The van der Waals surface area contributed by atoms with Crippen LogP contribution < -0.4 is 63.8 Å². The third-order valence-corrected chi connectivity index (χ3v) is 16.8. The number of esters is 1. The van der Waals surface area contributed by atoms with Gasteiger partial charge in [0.05, 0.1) is 33.3 Å². The molecule has 30 heteroatoms. The van der Waals surface area contributed by atoms with Gasteiger partial charge in [0.15, 0.2) is 5.78 Å². The molecule has 1 aliphatic rings. The van der Waals surface area contributed by atoms with Crippen LogP contribution in [0.2, 0.25) is 0 Å². The molecule has 30 nitrogen and oxygen atoms in total. The topological polar surface area (TPSA) is 425 Å². The van der Waals surface area contributed by atoms with Gasteiger partial charge in [-0.05, 0) is 138 Å². The van der Waals surface area contributed by atoms with E-state index in [1.165, 1.54) is 34.8 Å². The van der Waals surface area contributed by atoms with E-state index in [1.54, 1.807) is 138 Å². The molecular weight excluding hydrogens is 1320 g/mol. The molecule has 0 aromatic heterocycles. The fourth-order valence-electron chi connectivity index (χ4n) is 11.7. The number of nitrogens with zero attached hydrogens (tertiary/aromatic N) is 1. The minimum absolute atomic E-state index is 0.00561. The van der Waals surface area contributed by atoms with Crippen molar-refractivity contribution in [3.8, 4) is 0 Å². The van der Waals surface area contributed by atoms with Crippen molar-refractivity contribution in [1.29, 1.82) is 0 Å². The summed E-state index contributed by atoms with van der Waals surface area (Å²) >= 11 is 0. The van der Waals surface area contributed by atoms with Gasteiger partial charge >= 0.3 is 12.1 Å². The van der Waals surface area contributed by atoms with Gasteiger partial charge in [-0.25, -0.2) is 9.59 Å². The highest BCUT2D eigenvalue weighted by atomic mass is 16.6. The quantitative estimate of drug-likeness (QED) is 0.0345. The third-order valence-electron chi connectivity index (χ3n) is 16.8. The molecule has 2 aromatic rings. The molecule has 3 rings (SSSR count). The Bertz CT molecular complexity index is 3290. The first kappa shape index (κ1) is 87.2. The van der Waals surface area contributed by atoms with Crippen LogP contribution in [0.3, 0.4) is 0 Å². The molecule has 0 spiro atoms. The first-order chi connectivity index (χ1) is 47.1. The summed E-state index contributed by atoms with van der Waals surface area (Å²) in [6.07, 6.45) is -0.649. The van der Waals surface area contributed by atoms with Crippen molar-refractivity contribution >= 4 is 82.8 Å². The van der Waals surface area contributed by atoms with Crippen LogP contribution in [0.1, 0.15) is 192 Å². The lowest BCUT2D eigenvalue weighted by Gasteiger charge is -2.54. The number of hydroxylamine groups is 2. The number of ether oxygens (including phenoxy) is 2. The Hall–Kier alpha value is -9.06. The molecule has 0 saturated carbocycles. The molecule has 1 aliphatic heterocycles. The molecule has 102 heavy (non-hydrogen) atoms. The maximum absolute atomic E-state index is 14.6. The summed E-state index contributed by atoms with van der Waals surface area (Å²) in [7, 11) is 1.20. The lowest BCUT2D eigenvalue weighted by Crippen LogP contribution is -2.73. The third kappa shape index (κ3) is 27.7. The van der Waals surface area contributed by atoms with Crippen LogP contribution >= 0.6 is 0 Å². The Morgan fingerprint density at radius 1 is 0.500 bits per heavy atom. The molecule has 0 bridgehead atoms. The van der Waals surface area contributed by atoms with Crippen molar-refractivity contribution in [3.63, 3.8) is 0 Å². The molecule has 12 N–H and O–H groups in total. The number of carbonyl (C=O) groups is 14. The maximum atomic E-state index is 14.6. The van der Waals surface area contributed by atoms with E-state index in [0.717, 1.165) is 5.06 Å². The smallest absolute Gasteiger partial charge is 0.408 e. The minimum Gasteiger partial charge on any atom is -0.467 e. The van der Waals surface area contributed by atoms with Gasteiger partial charge < -0.3 is 73.3 Å². The molecule has 6 atom stereocenters. The van der Waals surface area contributed by atoms with Gasteiger partial charge in [-0.2, -0.15) is 0 Å². The summed E-state index contributed by atoms with van der Waals surface area (Å²) in [5.41, 5.74) is -7.27. The van der Waals surface area contributed by atoms with Crippen LogP contribution in [0.15, 0.2) is 54.6 Å². The van der Waals surface area contributed by atoms with Gasteiger partial charge in [-0.3, -0.25) is 57.5 Å². The Balaban J connectivity index is 1.66. The second-order valence-electron chi connectivity index (χ2n) is 30.8. The average Bonchev–Trinajstić information content (AvgIpc) is 0.739. The van der Waals surface area contributed by atoms with E-state index in [4.69, 9.17) is 9.47 Å². The molecule has 567 valence electrons. The van der Waals surface area contributed by atoms with Crippen LogP contribution in [0.25, 0.3) is 0 Å². The second-order valence-corrected chi connectivity index (χ2v) is 30.8. The number of nitrogens with one attached hydrogen (secondary N) is 12. The standard InChI is InChI=1S/C72H112N13O17/c1-21-44(8)56(61(94)79-51(33-43(6)7)62(95)101-20)81-55(89)38-76-65(98)72(39-68(12,13)85(100)69(14,15)40-72)84-60(93)49(32-42(4)5)78-53(87)36-73-52(86)35-74-63(96)70(16,17)82-58(91)48(31-41(2)3)77-54(88)37-75-64(97)71(18,19)83-59(92)50(80-66(99)102-67(9,10)11)34-45-27-29-47(30-28-45)57(90)46-25-23-22-24-26-46/h22-30,41-44,48-51,56H,21,31-40H2,1-20H3,(H,73,86)(H,74,96)(H,75,97)(H,76,98)(H,77,88)(H,78,87)(H,79,94)(H,80,99)(H,81,89)(H,82,91)(H,83,92)(H,84,93)/t44-,48-,49-,50-,51-,56-/m0/s1. The number of piperidine rings is 1.